The normalized spacial score (nSPS) is 28.6. The Labute approximate surface area is 92.8 Å². The van der Waals surface area contributed by atoms with Crippen LogP contribution in [0.1, 0.15) is 13.3 Å². The molecule has 0 saturated carbocycles. The SMILES string of the molecule is CC1COC(CO)CN1CCCN(C)C. The maximum absolute atomic E-state index is 9.05. The van der Waals surface area contributed by atoms with E-state index in [1.54, 1.807) is 0 Å². The van der Waals surface area contributed by atoms with Crippen molar-refractivity contribution in [2.24, 2.45) is 0 Å². The van der Waals surface area contributed by atoms with Gasteiger partial charge in [0.05, 0.1) is 19.3 Å². The van der Waals surface area contributed by atoms with Gasteiger partial charge in [0.25, 0.3) is 0 Å². The summed E-state index contributed by atoms with van der Waals surface area (Å²) in [5.74, 6) is 0. The highest BCUT2D eigenvalue weighted by Gasteiger charge is 2.24. The largest absolute Gasteiger partial charge is 0.394 e. The third-order valence-electron chi connectivity index (χ3n) is 2.89. The summed E-state index contributed by atoms with van der Waals surface area (Å²) < 4.78 is 5.49. The Kier molecular flexibility index (Phi) is 5.53. The molecular weight excluding hydrogens is 192 g/mol. The zero-order valence-corrected chi connectivity index (χ0v) is 10.1. The molecule has 0 aromatic heterocycles. The minimum Gasteiger partial charge on any atom is -0.394 e. The molecule has 0 aromatic rings. The van der Waals surface area contributed by atoms with Gasteiger partial charge in [0.15, 0.2) is 0 Å². The van der Waals surface area contributed by atoms with Crippen LogP contribution in [0, 0.1) is 0 Å². The molecule has 0 radical (unpaired) electrons. The summed E-state index contributed by atoms with van der Waals surface area (Å²) >= 11 is 0. The lowest BCUT2D eigenvalue weighted by atomic mass is 10.2. The van der Waals surface area contributed by atoms with Crippen molar-refractivity contribution >= 4 is 0 Å². The van der Waals surface area contributed by atoms with Crippen molar-refractivity contribution in [3.63, 3.8) is 0 Å². The van der Waals surface area contributed by atoms with Crippen LogP contribution in [0.3, 0.4) is 0 Å². The number of hydrogen-bond donors (Lipinski definition) is 1. The van der Waals surface area contributed by atoms with Gasteiger partial charge in [0, 0.05) is 12.6 Å². The van der Waals surface area contributed by atoms with E-state index in [1.807, 2.05) is 0 Å². The summed E-state index contributed by atoms with van der Waals surface area (Å²) in [5.41, 5.74) is 0. The van der Waals surface area contributed by atoms with E-state index in [9.17, 15) is 0 Å². The molecule has 0 aromatic carbocycles. The Hall–Kier alpha value is -0.160. The summed E-state index contributed by atoms with van der Waals surface area (Å²) in [5, 5.41) is 9.05. The molecule has 1 fully saturated rings. The number of morpholine rings is 1. The fourth-order valence-electron chi connectivity index (χ4n) is 1.89. The third kappa shape index (κ3) is 4.47. The molecule has 2 atom stereocenters. The van der Waals surface area contributed by atoms with Crippen molar-refractivity contribution in [2.75, 3.05) is 46.9 Å². The zero-order chi connectivity index (χ0) is 11.3. The van der Waals surface area contributed by atoms with E-state index in [2.05, 4.69) is 30.8 Å². The number of ether oxygens (including phenoxy) is 1. The number of hydrogen-bond acceptors (Lipinski definition) is 4. The van der Waals surface area contributed by atoms with E-state index in [1.165, 1.54) is 6.42 Å². The number of rotatable bonds is 5. The van der Waals surface area contributed by atoms with E-state index in [4.69, 9.17) is 9.84 Å². The smallest absolute Gasteiger partial charge is 0.0933 e. The standard InChI is InChI=1S/C11H24N2O2/c1-10-9-15-11(8-14)7-13(10)6-4-5-12(2)3/h10-11,14H,4-9H2,1-3H3. The van der Waals surface area contributed by atoms with Crippen molar-refractivity contribution in [3.8, 4) is 0 Å². The quantitative estimate of drug-likeness (QED) is 0.703. The Morgan fingerprint density at radius 2 is 2.20 bits per heavy atom. The molecule has 90 valence electrons. The van der Waals surface area contributed by atoms with Crippen LogP contribution in [0.5, 0.6) is 0 Å². The second-order valence-electron chi connectivity index (χ2n) is 4.64. The van der Waals surface area contributed by atoms with E-state index in [0.29, 0.717) is 6.04 Å². The third-order valence-corrected chi connectivity index (χ3v) is 2.89. The molecule has 4 heteroatoms. The van der Waals surface area contributed by atoms with Crippen molar-refractivity contribution in [1.29, 1.82) is 0 Å². The van der Waals surface area contributed by atoms with Crippen LogP contribution < -0.4 is 0 Å². The average Bonchev–Trinajstić information content (AvgIpc) is 2.20. The van der Waals surface area contributed by atoms with E-state index >= 15 is 0 Å². The first kappa shape index (κ1) is 12.9. The fraction of sp³-hybridized carbons (Fsp3) is 1.00. The van der Waals surface area contributed by atoms with Crippen molar-refractivity contribution in [3.05, 3.63) is 0 Å². The Morgan fingerprint density at radius 3 is 2.80 bits per heavy atom. The van der Waals surface area contributed by atoms with Gasteiger partial charge in [0.1, 0.15) is 0 Å². The monoisotopic (exact) mass is 216 g/mol. The first-order valence-corrected chi connectivity index (χ1v) is 5.74. The topological polar surface area (TPSA) is 35.9 Å². The predicted molar refractivity (Wildman–Crippen MR) is 61.0 cm³/mol. The van der Waals surface area contributed by atoms with Gasteiger partial charge in [-0.1, -0.05) is 0 Å². The van der Waals surface area contributed by atoms with E-state index in [0.717, 1.165) is 26.2 Å². The molecule has 4 nitrogen and oxygen atoms in total. The molecule has 0 spiro atoms. The van der Waals surface area contributed by atoms with Gasteiger partial charge in [-0.2, -0.15) is 0 Å². The van der Waals surface area contributed by atoms with Crippen LogP contribution >= 0.6 is 0 Å². The Bertz CT molecular complexity index is 176. The van der Waals surface area contributed by atoms with Crippen LogP contribution in [0.25, 0.3) is 0 Å². The summed E-state index contributed by atoms with van der Waals surface area (Å²) in [6, 6.07) is 0.481. The molecule has 15 heavy (non-hydrogen) atoms. The zero-order valence-electron chi connectivity index (χ0n) is 10.1. The number of nitrogens with zero attached hydrogens (tertiary/aromatic N) is 2. The lowest BCUT2D eigenvalue weighted by Gasteiger charge is -2.37. The molecule has 0 amide bonds. The van der Waals surface area contributed by atoms with Crippen molar-refractivity contribution < 1.29 is 9.84 Å². The first-order chi connectivity index (χ1) is 7.13. The van der Waals surface area contributed by atoms with Gasteiger partial charge >= 0.3 is 0 Å². The van der Waals surface area contributed by atoms with E-state index in [-0.39, 0.29) is 12.7 Å². The highest BCUT2D eigenvalue weighted by atomic mass is 16.5. The van der Waals surface area contributed by atoms with Gasteiger partial charge in [-0.05, 0) is 40.5 Å². The summed E-state index contributed by atoms with van der Waals surface area (Å²) in [4.78, 5) is 4.61. The molecule has 1 saturated heterocycles. The number of aliphatic hydroxyl groups excluding tert-OH is 1. The van der Waals surface area contributed by atoms with Crippen LogP contribution in [0.4, 0.5) is 0 Å². The molecule has 2 unspecified atom stereocenters. The van der Waals surface area contributed by atoms with Crippen LogP contribution in [0.2, 0.25) is 0 Å². The van der Waals surface area contributed by atoms with Crippen LogP contribution in [-0.4, -0.2) is 74.0 Å². The summed E-state index contributed by atoms with van der Waals surface area (Å²) in [6.07, 6.45) is 1.19. The maximum atomic E-state index is 9.05. The fourth-order valence-corrected chi connectivity index (χ4v) is 1.89. The van der Waals surface area contributed by atoms with Gasteiger partial charge in [0.2, 0.25) is 0 Å². The Balaban J connectivity index is 2.25. The second kappa shape index (κ2) is 6.43. The molecule has 1 rings (SSSR count). The van der Waals surface area contributed by atoms with Gasteiger partial charge in [-0.25, -0.2) is 0 Å². The average molecular weight is 216 g/mol. The first-order valence-electron chi connectivity index (χ1n) is 5.74. The van der Waals surface area contributed by atoms with Crippen molar-refractivity contribution in [2.45, 2.75) is 25.5 Å². The molecule has 1 aliphatic heterocycles. The molecule has 1 aliphatic rings. The lowest BCUT2D eigenvalue weighted by molar-refractivity contribution is -0.0781. The summed E-state index contributed by atoms with van der Waals surface area (Å²) in [7, 11) is 4.19. The molecule has 0 aliphatic carbocycles. The second-order valence-corrected chi connectivity index (χ2v) is 4.64. The summed E-state index contributed by atoms with van der Waals surface area (Å²) in [6.45, 7) is 6.14. The van der Waals surface area contributed by atoms with Crippen LogP contribution in [-0.2, 0) is 4.74 Å². The highest BCUT2D eigenvalue weighted by Crippen LogP contribution is 2.11. The molecule has 0 bridgehead atoms. The predicted octanol–water partition coefficient (Wildman–Crippen LogP) is 0.0197. The molecule has 1 N–H and O–H groups in total. The molecule has 1 heterocycles. The Morgan fingerprint density at radius 1 is 1.47 bits per heavy atom. The molecular formula is C11H24N2O2. The maximum Gasteiger partial charge on any atom is 0.0933 e. The van der Waals surface area contributed by atoms with Gasteiger partial charge in [-0.3, -0.25) is 4.90 Å². The highest BCUT2D eigenvalue weighted by molar-refractivity contribution is 4.77. The van der Waals surface area contributed by atoms with Gasteiger partial charge < -0.3 is 14.7 Å². The minimum absolute atomic E-state index is 0.0144. The minimum atomic E-state index is 0.0144. The van der Waals surface area contributed by atoms with Gasteiger partial charge in [-0.15, -0.1) is 0 Å². The lowest BCUT2D eigenvalue weighted by Crippen LogP contribution is -2.49. The van der Waals surface area contributed by atoms with Crippen LogP contribution in [0.15, 0.2) is 0 Å². The number of aliphatic hydroxyl groups is 1. The van der Waals surface area contributed by atoms with Crippen molar-refractivity contribution in [1.82, 2.24) is 9.80 Å². The van der Waals surface area contributed by atoms with E-state index < -0.39 is 0 Å².